The summed E-state index contributed by atoms with van der Waals surface area (Å²) in [7, 11) is -1.48. The minimum absolute atomic E-state index is 0.0259. The molecule has 0 aliphatic carbocycles. The number of carbonyl (C=O) groups is 5. The number of aromatic hydroxyl groups is 2. The summed E-state index contributed by atoms with van der Waals surface area (Å²) in [6, 6.07) is 4.73. The summed E-state index contributed by atoms with van der Waals surface area (Å²) in [5, 5.41) is 42.2. The van der Waals surface area contributed by atoms with Crippen molar-refractivity contribution in [2.45, 2.75) is 38.0 Å². The van der Waals surface area contributed by atoms with Gasteiger partial charge >= 0.3 is 30.9 Å². The number of phenolic OH excluding ortho intramolecular Hbond substituents is 2. The number of para-hydroxylation sites is 1. The Labute approximate surface area is 239 Å². The largest absolute Gasteiger partial charge is 0.535 e. The third-order valence-corrected chi connectivity index (χ3v) is 7.36. The first-order valence-corrected chi connectivity index (χ1v) is 13.1. The van der Waals surface area contributed by atoms with E-state index in [0.717, 1.165) is 11.0 Å². The lowest BCUT2D eigenvalue weighted by Gasteiger charge is -2.33. The maximum absolute atomic E-state index is 13.2. The molecule has 0 aromatic heterocycles. The Balaban J connectivity index is 1.53. The summed E-state index contributed by atoms with van der Waals surface area (Å²) < 4.78 is 5.45. The van der Waals surface area contributed by atoms with E-state index in [-0.39, 0.29) is 54.3 Å². The first kappa shape index (κ1) is 29.7. The standard InChI is InChI=1S/C26H27BClN3O10/c1-2-30-6-7-31(24(36)23(30)35)26(39)29-19(14-9-18(28)21(34)20(33)10-14)12-16(32)11-15-8-13-4-3-5-17(25(37)38)22(13)41-27(15)40/h3-5,9-10,15,19,33-34,40H,2,6-8,11-12H2,1H3,(H,29,39)(H,37,38)/t15-,19?/m1/s1. The van der Waals surface area contributed by atoms with Gasteiger partial charge in [0.2, 0.25) is 0 Å². The molecule has 2 aromatic carbocycles. The molecule has 5 N–H and O–H groups in total. The van der Waals surface area contributed by atoms with Crippen molar-refractivity contribution in [3.63, 3.8) is 0 Å². The number of ketones is 1. The van der Waals surface area contributed by atoms with Gasteiger partial charge in [0.05, 0.1) is 16.6 Å². The number of carboxylic acid groups (broad SMARTS) is 1. The van der Waals surface area contributed by atoms with Crippen molar-refractivity contribution in [1.29, 1.82) is 0 Å². The highest BCUT2D eigenvalue weighted by Crippen LogP contribution is 2.39. The number of likely N-dealkylation sites (N-methyl/N-ethyl adjacent to an activating group) is 1. The molecule has 15 heteroatoms. The number of rotatable bonds is 8. The Bertz CT molecular complexity index is 1400. The molecule has 0 bridgehead atoms. The van der Waals surface area contributed by atoms with Gasteiger partial charge in [-0.2, -0.15) is 0 Å². The fraction of sp³-hybridized carbons (Fsp3) is 0.346. The number of phenols is 2. The lowest BCUT2D eigenvalue weighted by molar-refractivity contribution is -0.153. The number of nitrogens with zero attached hydrogens (tertiary/aromatic N) is 2. The van der Waals surface area contributed by atoms with Crippen molar-refractivity contribution in [2.75, 3.05) is 19.6 Å². The Hall–Kier alpha value is -4.30. The zero-order valence-corrected chi connectivity index (χ0v) is 22.6. The van der Waals surface area contributed by atoms with Crippen LogP contribution in [-0.2, 0) is 20.8 Å². The number of carboxylic acids is 1. The lowest BCUT2D eigenvalue weighted by Crippen LogP contribution is -2.58. The van der Waals surface area contributed by atoms with Gasteiger partial charge in [0.1, 0.15) is 11.5 Å². The zero-order valence-electron chi connectivity index (χ0n) is 21.9. The molecular weight excluding hydrogens is 561 g/mol. The number of aromatic carboxylic acids is 1. The van der Waals surface area contributed by atoms with Gasteiger partial charge < -0.3 is 35.2 Å². The number of piperazine rings is 1. The van der Waals surface area contributed by atoms with Crippen LogP contribution in [0.2, 0.25) is 10.8 Å². The van der Waals surface area contributed by atoms with E-state index in [1.54, 1.807) is 13.0 Å². The molecule has 4 amide bonds. The molecule has 0 saturated carbocycles. The normalized spacial score (nSPS) is 17.5. The third-order valence-electron chi connectivity index (χ3n) is 7.07. The number of carbonyl (C=O) groups excluding carboxylic acids is 4. The summed E-state index contributed by atoms with van der Waals surface area (Å²) in [4.78, 5) is 64.6. The fourth-order valence-corrected chi connectivity index (χ4v) is 5.11. The second-order valence-electron chi connectivity index (χ2n) is 9.73. The lowest BCUT2D eigenvalue weighted by atomic mass is 9.64. The molecule has 216 valence electrons. The highest BCUT2D eigenvalue weighted by Gasteiger charge is 2.39. The Morgan fingerprint density at radius 1 is 1.17 bits per heavy atom. The number of hydrogen-bond acceptors (Lipinski definition) is 9. The van der Waals surface area contributed by atoms with E-state index in [4.69, 9.17) is 16.3 Å². The van der Waals surface area contributed by atoms with Crippen LogP contribution < -0.4 is 9.97 Å². The molecule has 13 nitrogen and oxygen atoms in total. The SMILES string of the molecule is CCN1CCN(C(=O)NC(CC(=O)C[C@H]2Cc3cccc(C(=O)O)c3OB2O)c2cc(O)c(O)c(Cl)c2)C(=O)C1=O. The van der Waals surface area contributed by atoms with Gasteiger partial charge in [-0.05, 0) is 42.7 Å². The van der Waals surface area contributed by atoms with Gasteiger partial charge in [0.25, 0.3) is 0 Å². The van der Waals surface area contributed by atoms with E-state index < -0.39 is 60.1 Å². The van der Waals surface area contributed by atoms with Gasteiger partial charge in [-0.15, -0.1) is 0 Å². The second kappa shape index (κ2) is 12.1. The summed E-state index contributed by atoms with van der Waals surface area (Å²) >= 11 is 6.00. The number of urea groups is 1. The summed E-state index contributed by atoms with van der Waals surface area (Å²) in [5.41, 5.74) is 0.517. The zero-order chi connectivity index (χ0) is 30.0. The van der Waals surface area contributed by atoms with Crippen LogP contribution in [-0.4, -0.2) is 86.5 Å². The molecule has 2 atom stereocenters. The molecule has 1 unspecified atom stereocenters. The molecule has 2 heterocycles. The van der Waals surface area contributed by atoms with Gasteiger partial charge in [-0.3, -0.25) is 19.3 Å². The van der Waals surface area contributed by atoms with Crippen molar-refractivity contribution >= 4 is 48.3 Å². The Morgan fingerprint density at radius 3 is 2.56 bits per heavy atom. The van der Waals surface area contributed by atoms with Crippen LogP contribution in [0.3, 0.4) is 0 Å². The third kappa shape index (κ3) is 6.23. The van der Waals surface area contributed by atoms with Gasteiger partial charge in [0.15, 0.2) is 11.5 Å². The number of benzene rings is 2. The number of imide groups is 1. The topological polar surface area (TPSA) is 194 Å². The number of halogens is 1. The van der Waals surface area contributed by atoms with Crippen molar-refractivity contribution in [3.05, 3.63) is 52.0 Å². The smallest absolute Gasteiger partial charge is 0.526 e. The average molecular weight is 588 g/mol. The van der Waals surface area contributed by atoms with Crippen LogP contribution in [0.25, 0.3) is 0 Å². The molecule has 2 aliphatic heterocycles. The van der Waals surface area contributed by atoms with E-state index in [2.05, 4.69) is 5.32 Å². The molecular formula is C26H27BClN3O10. The maximum Gasteiger partial charge on any atom is 0.526 e. The first-order chi connectivity index (χ1) is 19.4. The number of nitrogens with one attached hydrogen (secondary N) is 1. The van der Waals surface area contributed by atoms with Gasteiger partial charge in [-0.1, -0.05) is 23.7 Å². The average Bonchev–Trinajstić information content (AvgIpc) is 2.92. The van der Waals surface area contributed by atoms with Crippen LogP contribution in [0.15, 0.2) is 30.3 Å². The predicted molar refractivity (Wildman–Crippen MR) is 144 cm³/mol. The van der Waals surface area contributed by atoms with Gasteiger partial charge in [0, 0.05) is 38.3 Å². The van der Waals surface area contributed by atoms with E-state index in [0.29, 0.717) is 12.1 Å². The molecule has 41 heavy (non-hydrogen) atoms. The van der Waals surface area contributed by atoms with Crippen LogP contribution in [0, 0.1) is 0 Å². The molecule has 2 aliphatic rings. The fourth-order valence-electron chi connectivity index (χ4n) is 4.89. The van der Waals surface area contributed by atoms with Crippen LogP contribution >= 0.6 is 11.6 Å². The van der Waals surface area contributed by atoms with Crippen molar-refractivity contribution in [2.24, 2.45) is 0 Å². The number of fused-ring (bicyclic) bond motifs is 1. The Morgan fingerprint density at radius 2 is 1.90 bits per heavy atom. The second-order valence-corrected chi connectivity index (χ2v) is 10.1. The summed E-state index contributed by atoms with van der Waals surface area (Å²) in [6.07, 6.45) is -0.464. The molecule has 2 aromatic rings. The minimum atomic E-state index is -1.48. The van der Waals surface area contributed by atoms with E-state index >= 15 is 0 Å². The maximum atomic E-state index is 13.2. The van der Waals surface area contributed by atoms with Gasteiger partial charge in [-0.25, -0.2) is 9.59 Å². The predicted octanol–water partition coefficient (Wildman–Crippen LogP) is 1.73. The quantitative estimate of drug-likeness (QED) is 0.172. The van der Waals surface area contributed by atoms with Crippen LogP contribution in [0.5, 0.6) is 17.2 Å². The Kier molecular flexibility index (Phi) is 8.73. The molecule has 0 radical (unpaired) electrons. The molecule has 1 saturated heterocycles. The molecule has 4 rings (SSSR count). The highest BCUT2D eigenvalue weighted by atomic mass is 35.5. The molecule has 1 fully saturated rings. The highest BCUT2D eigenvalue weighted by molar-refractivity contribution is 6.47. The van der Waals surface area contributed by atoms with E-state index in [1.165, 1.54) is 23.1 Å². The summed E-state index contributed by atoms with van der Waals surface area (Å²) in [5.74, 6) is -5.49. The number of hydrogen-bond donors (Lipinski definition) is 5. The summed E-state index contributed by atoms with van der Waals surface area (Å²) in [6.45, 7) is 2.05. The number of Topliss-reactive ketones (excluding diaryl/α,β-unsaturated/α-hetero) is 1. The number of amides is 4. The minimum Gasteiger partial charge on any atom is -0.535 e. The molecule has 0 spiro atoms. The van der Waals surface area contributed by atoms with Crippen molar-refractivity contribution in [1.82, 2.24) is 15.1 Å². The van der Waals surface area contributed by atoms with Crippen molar-refractivity contribution < 1.29 is 49.0 Å². The monoisotopic (exact) mass is 587 g/mol. The van der Waals surface area contributed by atoms with E-state index in [9.17, 15) is 44.3 Å². The van der Waals surface area contributed by atoms with E-state index in [1.807, 2.05) is 0 Å². The first-order valence-electron chi connectivity index (χ1n) is 12.7. The van der Waals surface area contributed by atoms with Crippen molar-refractivity contribution in [3.8, 4) is 17.2 Å². The van der Waals surface area contributed by atoms with Crippen LogP contribution in [0.4, 0.5) is 4.79 Å². The van der Waals surface area contributed by atoms with Crippen LogP contribution in [0.1, 0.15) is 47.3 Å².